The Labute approximate surface area is 113 Å². The maximum Gasteiger partial charge on any atom is 0.0219 e. The quantitative estimate of drug-likeness (QED) is 0.746. The zero-order valence-electron chi connectivity index (χ0n) is 12.5. The molecule has 2 aliphatic rings. The van der Waals surface area contributed by atoms with Crippen LogP contribution >= 0.6 is 0 Å². The Kier molecular flexibility index (Phi) is 5.46. The second-order valence-corrected chi connectivity index (χ2v) is 6.48. The highest BCUT2D eigenvalue weighted by atomic mass is 15.3. The van der Waals surface area contributed by atoms with E-state index in [1.807, 2.05) is 0 Å². The molecule has 2 rings (SSSR count). The summed E-state index contributed by atoms with van der Waals surface area (Å²) in [6.45, 7) is 14.5. The van der Waals surface area contributed by atoms with Crippen molar-refractivity contribution in [3.8, 4) is 0 Å². The summed E-state index contributed by atoms with van der Waals surface area (Å²) >= 11 is 0. The summed E-state index contributed by atoms with van der Waals surface area (Å²) in [5.41, 5.74) is 0. The molecule has 1 unspecified atom stereocenters. The molecular weight excluding hydrogens is 222 g/mol. The summed E-state index contributed by atoms with van der Waals surface area (Å²) < 4.78 is 0. The number of hydrogen-bond donors (Lipinski definition) is 1. The molecule has 0 aromatic heterocycles. The number of nitrogens with one attached hydrogen (secondary N) is 1. The maximum atomic E-state index is 3.69. The minimum Gasteiger partial charge on any atom is -0.312 e. The van der Waals surface area contributed by atoms with Gasteiger partial charge in [0.2, 0.25) is 0 Å². The van der Waals surface area contributed by atoms with Gasteiger partial charge in [0.25, 0.3) is 0 Å². The molecule has 1 heterocycles. The Morgan fingerprint density at radius 1 is 1.11 bits per heavy atom. The van der Waals surface area contributed by atoms with Crippen molar-refractivity contribution in [1.82, 2.24) is 15.1 Å². The van der Waals surface area contributed by atoms with Crippen LogP contribution in [-0.4, -0.2) is 61.2 Å². The van der Waals surface area contributed by atoms with Crippen LogP contribution in [0, 0.1) is 5.92 Å². The number of piperazine rings is 1. The minimum absolute atomic E-state index is 0.756. The Morgan fingerprint density at radius 3 is 2.28 bits per heavy atom. The van der Waals surface area contributed by atoms with Crippen LogP contribution in [0.2, 0.25) is 0 Å². The van der Waals surface area contributed by atoms with Crippen LogP contribution < -0.4 is 5.32 Å². The number of hydrogen-bond acceptors (Lipinski definition) is 3. The molecule has 3 heteroatoms. The first-order valence-electron chi connectivity index (χ1n) is 7.88. The SMILES string of the molecule is CCC(CNC1CC1)N1CCN(CC(C)C)CC1. The Hall–Kier alpha value is -0.120. The lowest BCUT2D eigenvalue weighted by Gasteiger charge is -2.39. The van der Waals surface area contributed by atoms with Gasteiger partial charge in [-0.1, -0.05) is 20.8 Å². The van der Waals surface area contributed by atoms with Crippen LogP contribution in [0.4, 0.5) is 0 Å². The maximum absolute atomic E-state index is 3.69. The first-order chi connectivity index (χ1) is 8.69. The summed E-state index contributed by atoms with van der Waals surface area (Å²) in [7, 11) is 0. The van der Waals surface area contributed by atoms with E-state index in [0.29, 0.717) is 0 Å². The number of rotatable bonds is 7. The third kappa shape index (κ3) is 4.52. The van der Waals surface area contributed by atoms with Crippen molar-refractivity contribution < 1.29 is 0 Å². The van der Waals surface area contributed by atoms with Crippen molar-refractivity contribution in [3.05, 3.63) is 0 Å². The van der Waals surface area contributed by atoms with E-state index in [9.17, 15) is 0 Å². The van der Waals surface area contributed by atoms with Gasteiger partial charge in [-0.05, 0) is 25.2 Å². The highest BCUT2D eigenvalue weighted by Gasteiger charge is 2.26. The first-order valence-corrected chi connectivity index (χ1v) is 7.88. The average Bonchev–Trinajstić information content (AvgIpc) is 3.15. The van der Waals surface area contributed by atoms with Crippen LogP contribution in [0.3, 0.4) is 0 Å². The molecule has 1 aliphatic heterocycles. The molecule has 1 N–H and O–H groups in total. The number of nitrogens with zero attached hydrogens (tertiary/aromatic N) is 2. The van der Waals surface area contributed by atoms with Crippen molar-refractivity contribution in [2.45, 2.75) is 52.1 Å². The predicted molar refractivity (Wildman–Crippen MR) is 78.0 cm³/mol. The van der Waals surface area contributed by atoms with E-state index in [1.54, 1.807) is 0 Å². The van der Waals surface area contributed by atoms with Crippen molar-refractivity contribution in [2.24, 2.45) is 5.92 Å². The lowest BCUT2D eigenvalue weighted by molar-refractivity contribution is 0.0864. The fourth-order valence-corrected chi connectivity index (χ4v) is 2.95. The zero-order valence-corrected chi connectivity index (χ0v) is 12.5. The van der Waals surface area contributed by atoms with Gasteiger partial charge in [0.1, 0.15) is 0 Å². The van der Waals surface area contributed by atoms with Gasteiger partial charge in [-0.2, -0.15) is 0 Å². The lowest BCUT2D eigenvalue weighted by Crippen LogP contribution is -2.53. The Bertz CT molecular complexity index is 230. The molecule has 0 spiro atoms. The van der Waals surface area contributed by atoms with E-state index in [0.717, 1.165) is 18.0 Å². The van der Waals surface area contributed by atoms with Gasteiger partial charge in [-0.15, -0.1) is 0 Å². The topological polar surface area (TPSA) is 18.5 Å². The molecule has 1 saturated heterocycles. The predicted octanol–water partition coefficient (Wildman–Crippen LogP) is 1.79. The molecular formula is C15H31N3. The standard InChI is InChI=1S/C15H31N3/c1-4-15(11-16-14-5-6-14)18-9-7-17(8-10-18)12-13(2)3/h13-16H,4-12H2,1-3H3. The molecule has 2 fully saturated rings. The third-order valence-corrected chi connectivity index (χ3v) is 4.24. The van der Waals surface area contributed by atoms with Gasteiger partial charge in [-0.3, -0.25) is 4.90 Å². The van der Waals surface area contributed by atoms with Gasteiger partial charge >= 0.3 is 0 Å². The van der Waals surface area contributed by atoms with E-state index in [1.165, 1.54) is 58.5 Å². The summed E-state index contributed by atoms with van der Waals surface area (Å²) in [6.07, 6.45) is 4.08. The largest absolute Gasteiger partial charge is 0.312 e. The van der Waals surface area contributed by atoms with Gasteiger partial charge in [0.05, 0.1) is 0 Å². The molecule has 1 saturated carbocycles. The lowest BCUT2D eigenvalue weighted by atomic mass is 10.1. The van der Waals surface area contributed by atoms with Gasteiger partial charge in [-0.25, -0.2) is 0 Å². The second-order valence-electron chi connectivity index (χ2n) is 6.48. The fourth-order valence-electron chi connectivity index (χ4n) is 2.95. The van der Waals surface area contributed by atoms with Gasteiger partial charge in [0.15, 0.2) is 0 Å². The first kappa shape index (κ1) is 14.3. The molecule has 0 radical (unpaired) electrons. The highest BCUT2D eigenvalue weighted by Crippen LogP contribution is 2.19. The molecule has 106 valence electrons. The fraction of sp³-hybridized carbons (Fsp3) is 1.00. The minimum atomic E-state index is 0.756. The molecule has 3 nitrogen and oxygen atoms in total. The zero-order chi connectivity index (χ0) is 13.0. The molecule has 1 aliphatic carbocycles. The van der Waals surface area contributed by atoms with E-state index in [2.05, 4.69) is 35.9 Å². The van der Waals surface area contributed by atoms with Crippen LogP contribution in [0.25, 0.3) is 0 Å². The van der Waals surface area contributed by atoms with Crippen LogP contribution in [0.1, 0.15) is 40.0 Å². The highest BCUT2D eigenvalue weighted by molar-refractivity contribution is 4.85. The monoisotopic (exact) mass is 253 g/mol. The van der Waals surface area contributed by atoms with Crippen molar-refractivity contribution in [2.75, 3.05) is 39.3 Å². The normalized spacial score (nSPS) is 24.7. The van der Waals surface area contributed by atoms with Crippen LogP contribution in [0.15, 0.2) is 0 Å². The average molecular weight is 253 g/mol. The summed E-state index contributed by atoms with van der Waals surface area (Å²) in [4.78, 5) is 5.33. The van der Waals surface area contributed by atoms with Crippen LogP contribution in [-0.2, 0) is 0 Å². The van der Waals surface area contributed by atoms with Crippen LogP contribution in [0.5, 0.6) is 0 Å². The van der Waals surface area contributed by atoms with E-state index in [-0.39, 0.29) is 0 Å². The summed E-state index contributed by atoms with van der Waals surface area (Å²) in [6, 6.07) is 1.60. The molecule has 1 atom stereocenters. The third-order valence-electron chi connectivity index (χ3n) is 4.24. The molecule has 0 bridgehead atoms. The molecule has 0 amide bonds. The Balaban J connectivity index is 1.68. The Morgan fingerprint density at radius 2 is 1.78 bits per heavy atom. The smallest absolute Gasteiger partial charge is 0.0219 e. The molecule has 18 heavy (non-hydrogen) atoms. The van der Waals surface area contributed by atoms with Gasteiger partial charge in [0, 0.05) is 51.4 Å². The van der Waals surface area contributed by atoms with E-state index < -0.39 is 0 Å². The van der Waals surface area contributed by atoms with Crippen molar-refractivity contribution in [3.63, 3.8) is 0 Å². The molecule has 0 aromatic rings. The summed E-state index contributed by atoms with van der Waals surface area (Å²) in [5.74, 6) is 0.801. The second kappa shape index (κ2) is 6.88. The van der Waals surface area contributed by atoms with Crippen molar-refractivity contribution in [1.29, 1.82) is 0 Å². The molecule has 0 aromatic carbocycles. The van der Waals surface area contributed by atoms with Gasteiger partial charge < -0.3 is 10.2 Å². The van der Waals surface area contributed by atoms with E-state index >= 15 is 0 Å². The summed E-state index contributed by atoms with van der Waals surface area (Å²) in [5, 5.41) is 3.69. The van der Waals surface area contributed by atoms with E-state index in [4.69, 9.17) is 0 Å². The van der Waals surface area contributed by atoms with Crippen molar-refractivity contribution >= 4 is 0 Å².